The third-order valence-corrected chi connectivity index (χ3v) is 16.4. The summed E-state index contributed by atoms with van der Waals surface area (Å²) in [7, 11) is -0.292. The van der Waals surface area contributed by atoms with Crippen molar-refractivity contribution in [3.8, 4) is 5.75 Å². The summed E-state index contributed by atoms with van der Waals surface area (Å²) in [5, 5.41) is 22.8. The monoisotopic (exact) mass is 722 g/mol. The van der Waals surface area contributed by atoms with Crippen molar-refractivity contribution in [1.29, 1.82) is 0 Å². The molecular weight excluding hydrogens is 669 g/mol. The Morgan fingerprint density at radius 2 is 1.71 bits per heavy atom. The van der Waals surface area contributed by atoms with E-state index in [1.165, 1.54) is 10.8 Å². The molecular formula is C41H54N6O4Si. The van der Waals surface area contributed by atoms with Crippen LogP contribution in [-0.2, 0) is 28.9 Å². The number of ether oxygens (including phenoxy) is 2. The molecule has 11 heteroatoms. The van der Waals surface area contributed by atoms with Gasteiger partial charge in [-0.05, 0) is 98.6 Å². The average Bonchev–Trinajstić information content (AvgIpc) is 3.84. The summed E-state index contributed by atoms with van der Waals surface area (Å²) in [5.74, 6) is 1.45. The van der Waals surface area contributed by atoms with Gasteiger partial charge in [0.1, 0.15) is 11.3 Å². The number of nitrogens with zero attached hydrogens (tertiary/aromatic N) is 5. The highest BCUT2D eigenvalue weighted by Crippen LogP contribution is 2.47. The fourth-order valence-electron chi connectivity index (χ4n) is 9.21. The predicted octanol–water partition coefficient (Wildman–Crippen LogP) is 5.17. The number of rotatable bonds is 13. The molecule has 2 N–H and O–H groups in total. The molecule has 3 fully saturated rings. The van der Waals surface area contributed by atoms with E-state index in [4.69, 9.17) is 9.47 Å². The first-order valence-corrected chi connectivity index (χ1v) is 22.1. The standard InChI is InChI=1S/C41H54N6O4Si/c1-30-37(51-38(19-25-45-28-32(20-26-48)43-44-45)39(30)52(3,4)36-16-14-35(50-2)15-17-36)18-13-31-9-8-12-34(27-31)46-29-47(33-10-6-5-7-11-33)41(40(46)49)21-23-42-24-22-41/h5-12,14-17,27-28,30,37-39,42,48H,13,18-26,29H2,1-4H3/t30-,37+,38-,39+/m0/s1. The van der Waals surface area contributed by atoms with Crippen molar-refractivity contribution >= 4 is 30.5 Å². The van der Waals surface area contributed by atoms with Crippen molar-refractivity contribution in [2.24, 2.45) is 5.92 Å². The van der Waals surface area contributed by atoms with Crippen LogP contribution in [0.3, 0.4) is 0 Å². The van der Waals surface area contributed by atoms with Crippen LogP contribution in [0.15, 0.2) is 85.1 Å². The van der Waals surface area contributed by atoms with Gasteiger partial charge in [0.05, 0.1) is 39.8 Å². The molecule has 4 heterocycles. The van der Waals surface area contributed by atoms with E-state index >= 15 is 0 Å². The van der Waals surface area contributed by atoms with Gasteiger partial charge in [-0.2, -0.15) is 0 Å². The average molecular weight is 723 g/mol. The molecule has 1 aromatic heterocycles. The Labute approximate surface area is 309 Å². The molecule has 0 bridgehead atoms. The Kier molecular flexibility index (Phi) is 10.8. The molecule has 276 valence electrons. The van der Waals surface area contributed by atoms with Crippen LogP contribution in [0.1, 0.15) is 43.9 Å². The molecule has 0 saturated carbocycles. The second-order valence-electron chi connectivity index (χ2n) is 15.4. The van der Waals surface area contributed by atoms with Gasteiger partial charge in [-0.3, -0.25) is 14.4 Å². The minimum Gasteiger partial charge on any atom is -0.497 e. The van der Waals surface area contributed by atoms with Crippen molar-refractivity contribution in [2.45, 2.75) is 88.4 Å². The van der Waals surface area contributed by atoms with Crippen LogP contribution in [0, 0.1) is 5.92 Å². The molecule has 52 heavy (non-hydrogen) atoms. The van der Waals surface area contributed by atoms with Crippen molar-refractivity contribution in [2.75, 3.05) is 43.3 Å². The van der Waals surface area contributed by atoms with Crippen LogP contribution < -0.4 is 25.0 Å². The molecule has 0 radical (unpaired) electrons. The number of para-hydroxylation sites is 1. The van der Waals surface area contributed by atoms with Crippen LogP contribution in [0.5, 0.6) is 5.75 Å². The summed E-state index contributed by atoms with van der Waals surface area (Å²) in [6.07, 6.45) is 6.89. The maximum atomic E-state index is 14.3. The van der Waals surface area contributed by atoms with E-state index in [1.807, 2.05) is 21.8 Å². The first-order valence-electron chi connectivity index (χ1n) is 19.0. The van der Waals surface area contributed by atoms with Gasteiger partial charge in [0.15, 0.2) is 0 Å². The lowest BCUT2D eigenvalue weighted by Crippen LogP contribution is -2.55. The van der Waals surface area contributed by atoms with Gasteiger partial charge in [0.25, 0.3) is 5.91 Å². The number of hydrogen-bond donors (Lipinski definition) is 2. The summed E-state index contributed by atoms with van der Waals surface area (Å²) in [6, 6.07) is 27.7. The highest BCUT2D eigenvalue weighted by atomic mass is 28.3. The van der Waals surface area contributed by atoms with E-state index in [9.17, 15) is 9.90 Å². The zero-order chi connectivity index (χ0) is 36.3. The van der Waals surface area contributed by atoms with E-state index in [-0.39, 0.29) is 24.7 Å². The number of aryl methyl sites for hydroxylation is 2. The number of methoxy groups -OCH3 is 1. The van der Waals surface area contributed by atoms with E-state index < -0.39 is 13.6 Å². The third-order valence-electron chi connectivity index (χ3n) is 12.0. The van der Waals surface area contributed by atoms with Gasteiger partial charge in [-0.25, -0.2) is 0 Å². The SMILES string of the molecule is COc1ccc([Si](C)(C)[C@@H]2[C@@H](C)[C@@H](CCc3cccc(N4CN(c5ccccc5)C5(CCNCC5)C4=O)c3)O[C@H]2CCn2cc(CCO)nn2)cc1. The van der Waals surface area contributed by atoms with Crippen molar-refractivity contribution in [3.05, 3.63) is 96.3 Å². The Balaban J connectivity index is 1.08. The van der Waals surface area contributed by atoms with Crippen LogP contribution in [-0.4, -0.2) is 85.3 Å². The van der Waals surface area contributed by atoms with Crippen LogP contribution in [0.4, 0.5) is 11.4 Å². The number of carbonyl (C=O) groups excluding carboxylic acids is 1. The molecule has 1 amide bonds. The number of anilines is 2. The largest absolute Gasteiger partial charge is 0.497 e. The number of benzene rings is 3. The Hall–Kier alpha value is -4.03. The first kappa shape index (κ1) is 36.3. The van der Waals surface area contributed by atoms with Crippen LogP contribution in [0.2, 0.25) is 18.6 Å². The second kappa shape index (κ2) is 15.5. The lowest BCUT2D eigenvalue weighted by molar-refractivity contribution is -0.122. The van der Waals surface area contributed by atoms with E-state index in [1.54, 1.807) is 7.11 Å². The molecule has 0 aliphatic carbocycles. The molecule has 10 nitrogen and oxygen atoms in total. The number of aromatic nitrogens is 3. The smallest absolute Gasteiger partial charge is 0.254 e. The van der Waals surface area contributed by atoms with E-state index in [2.05, 4.69) is 113 Å². The second-order valence-corrected chi connectivity index (χ2v) is 20.1. The number of carbonyl (C=O) groups is 1. The molecule has 4 aromatic rings. The normalized spacial score (nSPS) is 23.1. The predicted molar refractivity (Wildman–Crippen MR) is 208 cm³/mol. The fourth-order valence-corrected chi connectivity index (χ4v) is 13.3. The van der Waals surface area contributed by atoms with Gasteiger partial charge in [0, 0.05) is 37.1 Å². The minimum absolute atomic E-state index is 0.0647. The van der Waals surface area contributed by atoms with Crippen molar-refractivity contribution < 1.29 is 19.4 Å². The number of hydrogen-bond acceptors (Lipinski definition) is 8. The molecule has 3 aromatic carbocycles. The Morgan fingerprint density at radius 1 is 0.962 bits per heavy atom. The third kappa shape index (κ3) is 7.16. The summed E-state index contributed by atoms with van der Waals surface area (Å²) in [6.45, 7) is 10.4. The lowest BCUT2D eigenvalue weighted by atomic mass is 9.86. The quantitative estimate of drug-likeness (QED) is 0.183. The summed E-state index contributed by atoms with van der Waals surface area (Å²) in [5.41, 5.74) is 3.99. The number of aliphatic hydroxyl groups is 1. The van der Waals surface area contributed by atoms with Crippen molar-refractivity contribution in [3.63, 3.8) is 0 Å². The Morgan fingerprint density at radius 3 is 2.44 bits per heavy atom. The summed E-state index contributed by atoms with van der Waals surface area (Å²) < 4.78 is 14.4. The zero-order valence-corrected chi connectivity index (χ0v) is 32.1. The van der Waals surface area contributed by atoms with E-state index in [0.717, 1.165) is 74.6 Å². The summed E-state index contributed by atoms with van der Waals surface area (Å²) in [4.78, 5) is 18.7. The highest BCUT2D eigenvalue weighted by molar-refractivity contribution is 6.91. The topological polar surface area (TPSA) is 105 Å². The molecule has 3 aliphatic heterocycles. The molecule has 0 unspecified atom stereocenters. The van der Waals surface area contributed by atoms with Crippen molar-refractivity contribution in [1.82, 2.24) is 20.3 Å². The van der Waals surface area contributed by atoms with Gasteiger partial charge >= 0.3 is 0 Å². The van der Waals surface area contributed by atoms with Crippen LogP contribution >= 0.6 is 0 Å². The number of piperidine rings is 1. The minimum atomic E-state index is -2.00. The highest BCUT2D eigenvalue weighted by Gasteiger charge is 2.53. The first-order chi connectivity index (χ1) is 25.2. The van der Waals surface area contributed by atoms with Gasteiger partial charge < -0.3 is 24.8 Å². The number of amides is 1. The van der Waals surface area contributed by atoms with Gasteiger partial charge in [0.2, 0.25) is 0 Å². The fraction of sp³-hybridized carbons (Fsp3) is 0.488. The lowest BCUT2D eigenvalue weighted by Gasteiger charge is -2.39. The maximum absolute atomic E-state index is 14.3. The van der Waals surface area contributed by atoms with Gasteiger partial charge in [-0.1, -0.05) is 72.9 Å². The molecule has 4 atom stereocenters. The number of aliphatic hydroxyl groups excluding tert-OH is 1. The molecule has 1 spiro atoms. The maximum Gasteiger partial charge on any atom is 0.254 e. The number of nitrogens with one attached hydrogen (secondary N) is 1. The molecule has 3 aliphatic rings. The summed E-state index contributed by atoms with van der Waals surface area (Å²) >= 11 is 0. The molecule has 7 rings (SSSR count). The van der Waals surface area contributed by atoms with Gasteiger partial charge in [-0.15, -0.1) is 5.10 Å². The molecule has 3 saturated heterocycles. The van der Waals surface area contributed by atoms with E-state index in [0.29, 0.717) is 24.5 Å². The zero-order valence-electron chi connectivity index (χ0n) is 31.1. The van der Waals surface area contributed by atoms with Crippen LogP contribution in [0.25, 0.3) is 0 Å². The Bertz CT molecular complexity index is 1790.